The summed E-state index contributed by atoms with van der Waals surface area (Å²) in [5.74, 6) is 0. The number of hydrogen-bond donors (Lipinski definition) is 0. The fraction of sp³-hybridized carbons (Fsp3) is 0. The Balaban J connectivity index is 3.67. The van der Waals surface area contributed by atoms with E-state index in [1.807, 2.05) is 0 Å². The molecule has 4 heteroatoms. The predicted molar refractivity (Wildman–Crippen MR) is 30.9 cm³/mol. The molecule has 0 aromatic rings. The van der Waals surface area contributed by atoms with Gasteiger partial charge in [-0.3, -0.25) is 9.59 Å². The van der Waals surface area contributed by atoms with Crippen molar-refractivity contribution in [2.24, 2.45) is 0 Å². The van der Waals surface area contributed by atoms with Gasteiger partial charge in [-0.1, -0.05) is 0 Å². The van der Waals surface area contributed by atoms with E-state index >= 15 is 0 Å². The molecular weight excluding hydrogens is 151 g/mol. The molecule has 0 saturated heterocycles. The van der Waals surface area contributed by atoms with Crippen LogP contribution in [0.15, 0.2) is 12.2 Å². The maximum atomic E-state index is 9.82. The fourth-order valence-electron chi connectivity index (χ4n) is 0.131. The molecular formula is C4H2Cl2O2. The molecule has 0 heterocycles. The number of carbonyl (C=O) groups is 2. The third-order valence-electron chi connectivity index (χ3n) is 0.345. The van der Waals surface area contributed by atoms with Crippen molar-refractivity contribution >= 4 is 33.7 Å². The van der Waals surface area contributed by atoms with Crippen molar-refractivity contribution in [1.82, 2.24) is 0 Å². The summed E-state index contributed by atoms with van der Waals surface area (Å²) in [7, 11) is 0. The number of halogens is 2. The van der Waals surface area contributed by atoms with E-state index in [1.54, 1.807) is 0 Å². The molecule has 8 heavy (non-hydrogen) atoms. The van der Waals surface area contributed by atoms with Gasteiger partial charge in [0.25, 0.3) is 0 Å². The fourth-order valence-corrected chi connectivity index (χ4v) is 0.257. The molecule has 0 unspecified atom stereocenters. The third-order valence-corrected chi connectivity index (χ3v) is 0.597. The molecule has 44 valence electrons. The zero-order chi connectivity index (χ0) is 6.57. The molecule has 0 aromatic carbocycles. The van der Waals surface area contributed by atoms with Crippen molar-refractivity contribution in [2.45, 2.75) is 0 Å². The van der Waals surface area contributed by atoms with Crippen LogP contribution in [-0.4, -0.2) is 10.5 Å². The van der Waals surface area contributed by atoms with Crippen LogP contribution in [0.4, 0.5) is 0 Å². The second-order valence-electron chi connectivity index (χ2n) is 0.942. The van der Waals surface area contributed by atoms with E-state index in [-0.39, 0.29) is 0 Å². The molecule has 0 aliphatic heterocycles. The average Bonchev–Trinajstić information content (AvgIpc) is 1.61. The maximum Gasteiger partial charge on any atom is 0.245 e. The van der Waals surface area contributed by atoms with Crippen LogP contribution in [0, 0.1) is 0 Å². The number of allylic oxidation sites excluding steroid dienone is 2. The minimum absolute atomic E-state index is 0.709. The Kier molecular flexibility index (Phi) is 3.48. The molecule has 0 rings (SSSR count). The zero-order valence-corrected chi connectivity index (χ0v) is 5.24. The van der Waals surface area contributed by atoms with Crippen molar-refractivity contribution in [1.29, 1.82) is 0 Å². The molecule has 0 fully saturated rings. The highest BCUT2D eigenvalue weighted by Crippen LogP contribution is 1.85. The van der Waals surface area contributed by atoms with Gasteiger partial charge < -0.3 is 0 Å². The summed E-state index contributed by atoms with van der Waals surface area (Å²) in [6, 6.07) is 0. The molecule has 0 saturated carbocycles. The van der Waals surface area contributed by atoms with Gasteiger partial charge >= 0.3 is 0 Å². The Labute approximate surface area is 56.1 Å². The maximum absolute atomic E-state index is 9.82. The first kappa shape index (κ1) is 7.66. The lowest BCUT2D eigenvalue weighted by atomic mass is 10.6. The van der Waals surface area contributed by atoms with Crippen LogP contribution in [0.25, 0.3) is 0 Å². The number of hydrogen-bond acceptors (Lipinski definition) is 2. The molecule has 0 spiro atoms. The van der Waals surface area contributed by atoms with Gasteiger partial charge in [0.2, 0.25) is 10.5 Å². The van der Waals surface area contributed by atoms with Gasteiger partial charge in [-0.25, -0.2) is 0 Å². The zero-order valence-electron chi connectivity index (χ0n) is 3.73. The number of carbonyl (C=O) groups excluding carboxylic acids is 2. The van der Waals surface area contributed by atoms with E-state index in [0.29, 0.717) is 0 Å². The smallest absolute Gasteiger partial charge is 0.245 e. The van der Waals surface area contributed by atoms with Crippen molar-refractivity contribution in [2.75, 3.05) is 0 Å². The Morgan fingerprint density at radius 2 is 1.25 bits per heavy atom. The van der Waals surface area contributed by atoms with Crippen LogP contribution >= 0.6 is 23.2 Å². The van der Waals surface area contributed by atoms with Gasteiger partial charge in [-0.2, -0.15) is 0 Å². The van der Waals surface area contributed by atoms with Crippen LogP contribution in [-0.2, 0) is 9.59 Å². The number of rotatable bonds is 2. The highest BCUT2D eigenvalue weighted by atomic mass is 35.5. The summed E-state index contributed by atoms with van der Waals surface area (Å²) in [4.78, 5) is 19.6. The molecule has 0 radical (unpaired) electrons. The summed E-state index contributed by atoms with van der Waals surface area (Å²) in [5, 5.41) is -1.42. The second kappa shape index (κ2) is 3.64. The Morgan fingerprint density at radius 1 is 1.00 bits per heavy atom. The minimum Gasteiger partial charge on any atom is -0.276 e. The minimum atomic E-state index is -0.709. The monoisotopic (exact) mass is 152 g/mol. The van der Waals surface area contributed by atoms with Crippen LogP contribution in [0.3, 0.4) is 0 Å². The average molecular weight is 153 g/mol. The lowest BCUT2D eigenvalue weighted by Crippen LogP contribution is -1.79. The topological polar surface area (TPSA) is 34.1 Å². The van der Waals surface area contributed by atoms with Crippen molar-refractivity contribution in [3.05, 3.63) is 12.2 Å². The lowest BCUT2D eigenvalue weighted by Gasteiger charge is -1.70. The molecule has 0 N–H and O–H groups in total. The Hall–Kier alpha value is -0.340. The van der Waals surface area contributed by atoms with Gasteiger partial charge in [0.05, 0.1) is 0 Å². The van der Waals surface area contributed by atoms with E-state index in [1.165, 1.54) is 0 Å². The van der Waals surface area contributed by atoms with E-state index in [0.717, 1.165) is 12.2 Å². The van der Waals surface area contributed by atoms with E-state index < -0.39 is 10.5 Å². The first-order valence-electron chi connectivity index (χ1n) is 1.70. The third kappa shape index (κ3) is 5.66. The van der Waals surface area contributed by atoms with Gasteiger partial charge in [-0.05, 0) is 23.2 Å². The first-order valence-corrected chi connectivity index (χ1v) is 2.45. The van der Waals surface area contributed by atoms with Crippen molar-refractivity contribution in [3.63, 3.8) is 0 Å². The van der Waals surface area contributed by atoms with E-state index in [2.05, 4.69) is 0 Å². The van der Waals surface area contributed by atoms with Crippen molar-refractivity contribution in [3.8, 4) is 0 Å². The predicted octanol–water partition coefficient (Wildman–Crippen LogP) is 1.07. The highest BCUT2D eigenvalue weighted by molar-refractivity contribution is 6.69. The summed E-state index contributed by atoms with van der Waals surface area (Å²) >= 11 is 9.57. The van der Waals surface area contributed by atoms with Crippen molar-refractivity contribution < 1.29 is 9.59 Å². The van der Waals surface area contributed by atoms with Gasteiger partial charge in [0, 0.05) is 12.2 Å². The van der Waals surface area contributed by atoms with Crippen LogP contribution in [0.1, 0.15) is 0 Å². The highest BCUT2D eigenvalue weighted by Gasteiger charge is 1.87. The van der Waals surface area contributed by atoms with E-state index in [4.69, 9.17) is 23.2 Å². The normalized spacial score (nSPS) is 9.75. The van der Waals surface area contributed by atoms with Gasteiger partial charge in [0.1, 0.15) is 0 Å². The lowest BCUT2D eigenvalue weighted by molar-refractivity contribution is -0.109. The summed E-state index contributed by atoms with van der Waals surface area (Å²) in [6.45, 7) is 0. The van der Waals surface area contributed by atoms with Crippen LogP contribution < -0.4 is 0 Å². The Bertz CT molecular complexity index is 123. The summed E-state index contributed by atoms with van der Waals surface area (Å²) in [5.41, 5.74) is 0. The summed E-state index contributed by atoms with van der Waals surface area (Å²) in [6.07, 6.45) is 1.77. The summed E-state index contributed by atoms with van der Waals surface area (Å²) < 4.78 is 0. The standard InChI is InChI=1S/C4H2Cl2O2/c5-3(7)1-2-4(6)8/h1-2H. The second-order valence-corrected chi connectivity index (χ2v) is 1.69. The largest absolute Gasteiger partial charge is 0.276 e. The molecule has 0 atom stereocenters. The van der Waals surface area contributed by atoms with Crippen LogP contribution in [0.5, 0.6) is 0 Å². The molecule has 2 nitrogen and oxygen atoms in total. The van der Waals surface area contributed by atoms with Gasteiger partial charge in [-0.15, -0.1) is 0 Å². The molecule has 0 aromatic heterocycles. The molecule has 0 bridgehead atoms. The molecule has 0 amide bonds. The van der Waals surface area contributed by atoms with Gasteiger partial charge in [0.15, 0.2) is 0 Å². The Morgan fingerprint density at radius 3 is 1.38 bits per heavy atom. The molecule has 0 aliphatic carbocycles. The molecule has 0 aliphatic rings. The SMILES string of the molecule is O=C(Cl)C=CC(=O)Cl. The van der Waals surface area contributed by atoms with Crippen LogP contribution in [0.2, 0.25) is 0 Å². The van der Waals surface area contributed by atoms with E-state index in [9.17, 15) is 9.59 Å². The first-order chi connectivity index (χ1) is 3.63. The quantitative estimate of drug-likeness (QED) is 0.439.